The van der Waals surface area contributed by atoms with Crippen molar-refractivity contribution in [2.45, 2.75) is 60.4 Å². The molecule has 2 aliphatic rings. The Labute approximate surface area is 129 Å². The van der Waals surface area contributed by atoms with Gasteiger partial charge in [-0.3, -0.25) is 4.79 Å². The third-order valence-corrected chi connectivity index (χ3v) is 4.49. The molecule has 2 heteroatoms. The van der Waals surface area contributed by atoms with Gasteiger partial charge in [0.05, 0.1) is 0 Å². The number of hydrogen-bond acceptors (Lipinski definition) is 2. The van der Waals surface area contributed by atoms with Gasteiger partial charge >= 0.3 is 0 Å². The summed E-state index contributed by atoms with van der Waals surface area (Å²) < 4.78 is 0. The van der Waals surface area contributed by atoms with Gasteiger partial charge in [0.25, 0.3) is 0 Å². The normalized spacial score (nSPS) is 28.0. The van der Waals surface area contributed by atoms with Crippen LogP contribution in [0.2, 0.25) is 0 Å². The largest absolute Gasteiger partial charge is 0.383 e. The van der Waals surface area contributed by atoms with Crippen LogP contribution in [0.4, 0.5) is 0 Å². The minimum Gasteiger partial charge on any atom is -0.383 e. The maximum absolute atomic E-state index is 13.0. The number of hydrogen-bond donors (Lipinski definition) is 1. The molecule has 0 saturated heterocycles. The minimum atomic E-state index is -0.00767. The van der Waals surface area contributed by atoms with E-state index in [2.05, 4.69) is 59.0 Å². The smallest absolute Gasteiger partial charge is 0.172 e. The zero-order valence-electron chi connectivity index (χ0n) is 14.5. The summed E-state index contributed by atoms with van der Waals surface area (Å²) in [5.41, 5.74) is 4.48. The summed E-state index contributed by atoms with van der Waals surface area (Å²) in [6.07, 6.45) is 5.45. The molecule has 0 aromatic heterocycles. The number of nitrogens with one attached hydrogen (secondary N) is 1. The molecule has 0 aromatic carbocycles. The molecular formula is C19H29NO. The van der Waals surface area contributed by atoms with Crippen molar-refractivity contribution in [3.63, 3.8) is 0 Å². The van der Waals surface area contributed by atoms with Gasteiger partial charge in [-0.2, -0.15) is 0 Å². The van der Waals surface area contributed by atoms with Crippen molar-refractivity contribution in [3.05, 3.63) is 34.6 Å². The van der Waals surface area contributed by atoms with Gasteiger partial charge in [0.15, 0.2) is 5.78 Å². The van der Waals surface area contributed by atoms with Crippen LogP contribution in [0.3, 0.4) is 0 Å². The van der Waals surface area contributed by atoms with Crippen LogP contribution in [-0.2, 0) is 4.79 Å². The molecule has 2 rings (SSSR count). The van der Waals surface area contributed by atoms with Crippen LogP contribution in [0.25, 0.3) is 0 Å². The minimum absolute atomic E-state index is 0.00767. The van der Waals surface area contributed by atoms with E-state index in [0.717, 1.165) is 17.7 Å². The Morgan fingerprint density at radius 1 is 1.38 bits per heavy atom. The Kier molecular flexibility index (Phi) is 4.19. The van der Waals surface area contributed by atoms with E-state index in [1.54, 1.807) is 0 Å². The van der Waals surface area contributed by atoms with E-state index < -0.39 is 0 Å². The number of fused-ring (bicyclic) bond motifs is 1. The summed E-state index contributed by atoms with van der Waals surface area (Å²) >= 11 is 0. The van der Waals surface area contributed by atoms with E-state index in [0.29, 0.717) is 17.6 Å². The lowest BCUT2D eigenvalue weighted by molar-refractivity contribution is -0.119. The Morgan fingerprint density at radius 3 is 2.52 bits per heavy atom. The summed E-state index contributed by atoms with van der Waals surface area (Å²) in [4.78, 5) is 13.0. The third-order valence-electron chi connectivity index (χ3n) is 4.49. The van der Waals surface area contributed by atoms with E-state index in [4.69, 9.17) is 0 Å². The third kappa shape index (κ3) is 3.14. The molecule has 0 fully saturated rings. The average Bonchev–Trinajstić information content (AvgIpc) is 2.29. The summed E-state index contributed by atoms with van der Waals surface area (Å²) in [6.45, 7) is 15.0. The fourth-order valence-corrected chi connectivity index (χ4v) is 3.74. The van der Waals surface area contributed by atoms with Crippen molar-refractivity contribution >= 4 is 5.78 Å². The Hall–Kier alpha value is -1.31. The standard InChI is InChI=1S/C19H29NO/c1-11(2)8-16-15(12(3)4)9-14-10-19(6,7)20-13(5)17(14)18(16)21/h8-9,12,15-16,20H,10H2,1-7H3. The van der Waals surface area contributed by atoms with Crippen molar-refractivity contribution in [2.75, 3.05) is 0 Å². The molecule has 2 unspecified atom stereocenters. The maximum atomic E-state index is 13.0. The molecule has 0 bridgehead atoms. The molecule has 1 N–H and O–H groups in total. The summed E-state index contributed by atoms with van der Waals surface area (Å²) in [5, 5.41) is 3.50. The van der Waals surface area contributed by atoms with Crippen LogP contribution in [-0.4, -0.2) is 11.3 Å². The second-order valence-electron chi connectivity index (χ2n) is 7.83. The summed E-state index contributed by atoms with van der Waals surface area (Å²) in [7, 11) is 0. The number of allylic oxidation sites excluding steroid dienone is 5. The van der Waals surface area contributed by atoms with Crippen LogP contribution < -0.4 is 5.32 Å². The topological polar surface area (TPSA) is 29.1 Å². The molecule has 0 aromatic rings. The first-order valence-corrected chi connectivity index (χ1v) is 8.02. The summed E-state index contributed by atoms with van der Waals surface area (Å²) in [6, 6.07) is 0. The number of carbonyl (C=O) groups excluding carboxylic acids is 1. The lowest BCUT2D eigenvalue weighted by Gasteiger charge is -2.41. The van der Waals surface area contributed by atoms with Gasteiger partial charge in [0.1, 0.15) is 0 Å². The molecule has 21 heavy (non-hydrogen) atoms. The highest BCUT2D eigenvalue weighted by Crippen LogP contribution is 2.41. The molecule has 2 atom stereocenters. The Balaban J connectivity index is 2.55. The number of Topliss-reactive ketones (excluding diaryl/α,β-unsaturated/α-hetero) is 1. The molecular weight excluding hydrogens is 258 g/mol. The second kappa shape index (κ2) is 5.47. The van der Waals surface area contributed by atoms with Gasteiger partial charge < -0.3 is 5.32 Å². The zero-order chi connectivity index (χ0) is 15.9. The predicted octanol–water partition coefficient (Wildman–Crippen LogP) is 4.40. The molecule has 1 heterocycles. The van der Waals surface area contributed by atoms with Crippen LogP contribution in [0.1, 0.15) is 54.9 Å². The molecule has 1 aliphatic heterocycles. The first-order valence-electron chi connectivity index (χ1n) is 8.02. The molecule has 1 aliphatic carbocycles. The molecule has 0 spiro atoms. The van der Waals surface area contributed by atoms with Crippen LogP contribution in [0.5, 0.6) is 0 Å². The maximum Gasteiger partial charge on any atom is 0.172 e. The highest BCUT2D eigenvalue weighted by Gasteiger charge is 2.40. The lowest BCUT2D eigenvalue weighted by Crippen LogP contribution is -2.45. The fraction of sp³-hybridized carbons (Fsp3) is 0.632. The van der Waals surface area contributed by atoms with Crippen LogP contribution in [0.15, 0.2) is 34.6 Å². The average molecular weight is 287 g/mol. The van der Waals surface area contributed by atoms with Gasteiger partial charge in [0, 0.05) is 22.7 Å². The first-order chi connectivity index (χ1) is 9.62. The molecule has 116 valence electrons. The summed E-state index contributed by atoms with van der Waals surface area (Å²) in [5.74, 6) is 1.08. The van der Waals surface area contributed by atoms with E-state index in [9.17, 15) is 4.79 Å². The molecule has 0 saturated carbocycles. The zero-order valence-corrected chi connectivity index (χ0v) is 14.5. The van der Waals surface area contributed by atoms with Crippen molar-refractivity contribution in [1.82, 2.24) is 5.32 Å². The highest BCUT2D eigenvalue weighted by molar-refractivity contribution is 6.04. The van der Waals surface area contributed by atoms with E-state index in [1.165, 1.54) is 11.1 Å². The van der Waals surface area contributed by atoms with Crippen LogP contribution in [0, 0.1) is 17.8 Å². The monoisotopic (exact) mass is 287 g/mol. The van der Waals surface area contributed by atoms with Crippen molar-refractivity contribution < 1.29 is 4.79 Å². The van der Waals surface area contributed by atoms with Crippen LogP contribution >= 0.6 is 0 Å². The first kappa shape index (κ1) is 16.1. The fourth-order valence-electron chi connectivity index (χ4n) is 3.74. The van der Waals surface area contributed by atoms with Gasteiger partial charge in [-0.05, 0) is 58.4 Å². The molecule has 0 amide bonds. The number of ketones is 1. The quantitative estimate of drug-likeness (QED) is 0.763. The van der Waals surface area contributed by atoms with Gasteiger partial charge in [0.2, 0.25) is 0 Å². The Morgan fingerprint density at radius 2 is 2.00 bits per heavy atom. The van der Waals surface area contributed by atoms with Crippen molar-refractivity contribution in [2.24, 2.45) is 17.8 Å². The number of rotatable bonds is 2. The molecule has 2 nitrogen and oxygen atoms in total. The second-order valence-corrected chi connectivity index (χ2v) is 7.83. The Bertz CT molecular complexity index is 542. The van der Waals surface area contributed by atoms with E-state index in [-0.39, 0.29) is 11.5 Å². The number of carbonyl (C=O) groups is 1. The highest BCUT2D eigenvalue weighted by atomic mass is 16.1. The van der Waals surface area contributed by atoms with Crippen molar-refractivity contribution in [1.29, 1.82) is 0 Å². The predicted molar refractivity (Wildman–Crippen MR) is 88.9 cm³/mol. The van der Waals surface area contributed by atoms with Gasteiger partial charge in [-0.15, -0.1) is 0 Å². The van der Waals surface area contributed by atoms with Gasteiger partial charge in [-0.1, -0.05) is 31.6 Å². The van der Waals surface area contributed by atoms with Gasteiger partial charge in [-0.25, -0.2) is 0 Å². The SMILES string of the molecule is CC(C)=CC1C(=O)C2=C(C)NC(C)(C)CC2=CC1C(C)C. The lowest BCUT2D eigenvalue weighted by atomic mass is 9.68. The van der Waals surface area contributed by atoms with E-state index >= 15 is 0 Å². The van der Waals surface area contributed by atoms with Crippen molar-refractivity contribution in [3.8, 4) is 0 Å². The van der Waals surface area contributed by atoms with E-state index in [1.807, 2.05) is 6.92 Å². The molecule has 0 radical (unpaired) electrons.